The van der Waals surface area contributed by atoms with Crippen LogP contribution in [-0.2, 0) is 4.74 Å². The van der Waals surface area contributed by atoms with Crippen LogP contribution in [0.2, 0.25) is 0 Å². The fraction of sp³-hybridized carbons (Fsp3) is 1.00. The van der Waals surface area contributed by atoms with Crippen molar-refractivity contribution in [2.24, 2.45) is 0 Å². The van der Waals surface area contributed by atoms with E-state index in [1.165, 1.54) is 257 Å². The van der Waals surface area contributed by atoms with Crippen LogP contribution in [-0.4, -0.2) is 48.2 Å². The Morgan fingerprint density at radius 2 is 0.586 bits per heavy atom. The Bertz CT molecular complexity index is 718. The molecule has 0 rings (SSSR count). The number of unbranched alkanes of at least 4 members (excludes halogenated alkanes) is 41. The van der Waals surface area contributed by atoms with E-state index in [0.717, 1.165) is 38.8 Å². The summed E-state index contributed by atoms with van der Waals surface area (Å²) in [6.07, 6.45) is 59.1. The molecule has 0 saturated heterocycles. The lowest BCUT2D eigenvalue weighted by atomic mass is 9.99. The van der Waals surface area contributed by atoms with E-state index in [1.807, 2.05) is 0 Å². The van der Waals surface area contributed by atoms with Crippen molar-refractivity contribution in [1.82, 2.24) is 5.32 Å². The van der Waals surface area contributed by atoms with Crippen LogP contribution < -0.4 is 5.32 Å². The molecule has 0 aromatic rings. The molecule has 0 saturated carbocycles. The molecule has 0 spiro atoms. The number of rotatable bonds is 52. The summed E-state index contributed by atoms with van der Waals surface area (Å²) in [7, 11) is 0. The Morgan fingerprint density at radius 1 is 0.328 bits per heavy atom. The zero-order valence-corrected chi connectivity index (χ0v) is 40.5. The third-order valence-corrected chi connectivity index (χ3v) is 13.0. The predicted molar refractivity (Wildman–Crippen MR) is 259 cm³/mol. The maximum absolute atomic E-state index is 11.2. The normalized spacial score (nSPS) is 13.4. The Morgan fingerprint density at radius 3 is 0.897 bits per heavy atom. The zero-order chi connectivity index (χ0) is 42.1. The molecule has 0 unspecified atom stereocenters. The van der Waals surface area contributed by atoms with Crippen LogP contribution >= 0.6 is 0 Å². The number of ether oxygens (including phenoxy) is 1. The summed E-state index contributed by atoms with van der Waals surface area (Å²) in [4.78, 5) is 0. The highest BCUT2D eigenvalue weighted by atomic mass is 16.5. The number of hydrogen-bond donors (Lipinski definition) is 3. The second-order valence-electron chi connectivity index (χ2n) is 19.0. The first-order chi connectivity index (χ1) is 28.7. The fourth-order valence-electron chi connectivity index (χ4n) is 8.83. The van der Waals surface area contributed by atoms with Gasteiger partial charge in [-0.3, -0.25) is 0 Å². The van der Waals surface area contributed by atoms with Gasteiger partial charge in [-0.2, -0.15) is 0 Å². The number of aliphatic hydroxyl groups is 2. The topological polar surface area (TPSA) is 61.7 Å². The summed E-state index contributed by atoms with van der Waals surface area (Å²) >= 11 is 0. The molecule has 0 aromatic heterocycles. The molecule has 350 valence electrons. The fourth-order valence-corrected chi connectivity index (χ4v) is 8.83. The molecule has 0 aliphatic carbocycles. The van der Waals surface area contributed by atoms with E-state index < -0.39 is 12.2 Å². The van der Waals surface area contributed by atoms with E-state index in [0.29, 0.717) is 13.0 Å². The summed E-state index contributed by atoms with van der Waals surface area (Å²) in [5, 5.41) is 25.9. The minimum absolute atomic E-state index is 0.190. The summed E-state index contributed by atoms with van der Waals surface area (Å²) in [5.41, 5.74) is 0. The van der Waals surface area contributed by atoms with E-state index >= 15 is 0 Å². The summed E-state index contributed by atoms with van der Waals surface area (Å²) in [6, 6.07) is -0.190. The van der Waals surface area contributed by atoms with Crippen molar-refractivity contribution < 1.29 is 14.9 Å². The molecule has 0 aliphatic heterocycles. The van der Waals surface area contributed by atoms with Gasteiger partial charge in [0.25, 0.3) is 0 Å². The van der Waals surface area contributed by atoms with Gasteiger partial charge in [0, 0.05) is 6.61 Å². The number of hydrogen-bond acceptors (Lipinski definition) is 4. The minimum Gasteiger partial charge on any atom is -0.390 e. The average molecular weight is 822 g/mol. The molecule has 0 radical (unpaired) electrons. The summed E-state index contributed by atoms with van der Waals surface area (Å²) in [5.74, 6) is 0. The minimum atomic E-state index is -0.764. The van der Waals surface area contributed by atoms with Crippen LogP contribution in [0.25, 0.3) is 0 Å². The van der Waals surface area contributed by atoms with Gasteiger partial charge in [0.2, 0.25) is 0 Å². The molecular formula is C54H111NO3. The van der Waals surface area contributed by atoms with E-state index in [9.17, 15) is 10.2 Å². The molecule has 4 heteroatoms. The van der Waals surface area contributed by atoms with Crippen molar-refractivity contribution in [2.75, 3.05) is 19.8 Å². The van der Waals surface area contributed by atoms with Gasteiger partial charge in [0.05, 0.1) is 24.9 Å². The van der Waals surface area contributed by atoms with E-state index in [1.54, 1.807) is 0 Å². The Hall–Kier alpha value is -0.160. The van der Waals surface area contributed by atoms with Crippen molar-refractivity contribution in [3.05, 3.63) is 0 Å². The van der Waals surface area contributed by atoms with E-state index in [2.05, 4.69) is 26.1 Å². The largest absolute Gasteiger partial charge is 0.390 e. The van der Waals surface area contributed by atoms with Gasteiger partial charge < -0.3 is 20.3 Å². The molecule has 0 fully saturated rings. The molecule has 3 atom stereocenters. The van der Waals surface area contributed by atoms with Crippen molar-refractivity contribution in [2.45, 2.75) is 328 Å². The van der Waals surface area contributed by atoms with Crippen LogP contribution in [0.4, 0.5) is 0 Å². The quantitative estimate of drug-likeness (QED) is 0.0535. The Labute approximate surface area is 366 Å². The molecule has 0 bridgehead atoms. The third-order valence-electron chi connectivity index (χ3n) is 13.0. The Kier molecular flexibility index (Phi) is 51.1. The third kappa shape index (κ3) is 45.4. The van der Waals surface area contributed by atoms with Crippen molar-refractivity contribution in [1.29, 1.82) is 0 Å². The van der Waals surface area contributed by atoms with Crippen LogP contribution in [0, 0.1) is 0 Å². The zero-order valence-electron chi connectivity index (χ0n) is 40.5. The maximum Gasteiger partial charge on any atom is 0.0974 e. The van der Waals surface area contributed by atoms with Gasteiger partial charge in [-0.1, -0.05) is 290 Å². The molecule has 0 heterocycles. The van der Waals surface area contributed by atoms with Crippen molar-refractivity contribution in [3.8, 4) is 0 Å². The lowest BCUT2D eigenvalue weighted by Gasteiger charge is -2.28. The molecular weight excluding hydrogens is 711 g/mol. The number of nitrogens with one attached hydrogen (secondary N) is 1. The first-order valence-corrected chi connectivity index (χ1v) is 27.3. The first-order valence-electron chi connectivity index (χ1n) is 27.3. The number of aliphatic hydroxyl groups excluding tert-OH is 2. The van der Waals surface area contributed by atoms with Crippen LogP contribution in [0.3, 0.4) is 0 Å². The highest BCUT2D eigenvalue weighted by Gasteiger charge is 2.26. The van der Waals surface area contributed by atoms with Crippen molar-refractivity contribution in [3.63, 3.8) is 0 Å². The standard InChI is InChI=1S/C54H111NO3/c1-4-7-10-13-16-19-22-25-27-29-31-34-37-40-43-46-49-55-52(54(57)53(56)48-45-42-39-36-33-24-21-18-15-12-9-6-3)51-58-50-47-44-41-38-35-32-30-28-26-23-20-17-14-11-8-5-2/h52-57H,4-51H2,1-3H3/t52-,53+,54-/m0/s1. The SMILES string of the molecule is CCCCCCCCCCCCCCCCCCN[C@@H](COCCCCCCCCCCCCCCCCCC)[C@H](O)[C@H](O)CCCCCCCCCCCCCC. The molecule has 3 N–H and O–H groups in total. The average Bonchev–Trinajstić information content (AvgIpc) is 3.23. The highest BCUT2D eigenvalue weighted by Crippen LogP contribution is 2.18. The van der Waals surface area contributed by atoms with Gasteiger partial charge >= 0.3 is 0 Å². The first kappa shape index (κ1) is 57.8. The Balaban J connectivity index is 4.17. The molecule has 58 heavy (non-hydrogen) atoms. The van der Waals surface area contributed by atoms with Gasteiger partial charge in [0.15, 0.2) is 0 Å². The summed E-state index contributed by atoms with van der Waals surface area (Å²) in [6.45, 7) is 9.04. The van der Waals surface area contributed by atoms with Crippen LogP contribution in [0.5, 0.6) is 0 Å². The molecule has 0 aliphatic rings. The molecule has 4 nitrogen and oxygen atoms in total. The maximum atomic E-state index is 11.2. The molecule has 0 amide bonds. The van der Waals surface area contributed by atoms with Gasteiger partial charge in [-0.05, 0) is 25.8 Å². The van der Waals surface area contributed by atoms with Crippen molar-refractivity contribution >= 4 is 0 Å². The monoisotopic (exact) mass is 822 g/mol. The highest BCUT2D eigenvalue weighted by molar-refractivity contribution is 4.82. The lowest BCUT2D eigenvalue weighted by molar-refractivity contribution is -0.0319. The molecule has 0 aromatic carbocycles. The van der Waals surface area contributed by atoms with E-state index in [-0.39, 0.29) is 6.04 Å². The van der Waals surface area contributed by atoms with Gasteiger partial charge in [-0.25, -0.2) is 0 Å². The lowest BCUT2D eigenvalue weighted by Crippen LogP contribution is -2.49. The second kappa shape index (κ2) is 51.2. The van der Waals surface area contributed by atoms with Gasteiger partial charge in [-0.15, -0.1) is 0 Å². The van der Waals surface area contributed by atoms with E-state index in [4.69, 9.17) is 4.74 Å². The summed E-state index contributed by atoms with van der Waals surface area (Å²) < 4.78 is 6.15. The van der Waals surface area contributed by atoms with Gasteiger partial charge in [0.1, 0.15) is 0 Å². The predicted octanol–water partition coefficient (Wildman–Crippen LogP) is 17.3. The smallest absolute Gasteiger partial charge is 0.0974 e. The van der Waals surface area contributed by atoms with Crippen LogP contribution in [0.1, 0.15) is 310 Å². The second-order valence-corrected chi connectivity index (χ2v) is 19.0. The van der Waals surface area contributed by atoms with Crippen LogP contribution in [0.15, 0.2) is 0 Å².